The highest BCUT2D eigenvalue weighted by Gasteiger charge is 2.18. The van der Waals surface area contributed by atoms with Crippen molar-refractivity contribution in [1.82, 2.24) is 5.16 Å². The van der Waals surface area contributed by atoms with Crippen LogP contribution in [0.4, 0.5) is 0 Å². The molecule has 2 aromatic rings. The molecule has 0 radical (unpaired) electrons. The predicted molar refractivity (Wildman–Crippen MR) is 70.1 cm³/mol. The third kappa shape index (κ3) is 2.38. The second kappa shape index (κ2) is 4.88. The minimum absolute atomic E-state index is 0.0544. The second-order valence-corrected chi connectivity index (χ2v) is 4.99. The van der Waals surface area contributed by atoms with Crippen molar-refractivity contribution in [2.24, 2.45) is 0 Å². The molecule has 4 nitrogen and oxygen atoms in total. The van der Waals surface area contributed by atoms with Crippen molar-refractivity contribution in [2.75, 3.05) is 0 Å². The number of aromatic carboxylic acids is 1. The number of nitrogens with zero attached hydrogens (tertiary/aromatic N) is 1. The molecule has 4 heteroatoms. The minimum Gasteiger partial charge on any atom is -0.476 e. The largest absolute Gasteiger partial charge is 0.476 e. The van der Waals surface area contributed by atoms with E-state index in [0.717, 1.165) is 5.56 Å². The number of benzene rings is 1. The van der Waals surface area contributed by atoms with Crippen LogP contribution in [0.1, 0.15) is 47.7 Å². The number of rotatable bonds is 3. The highest BCUT2D eigenvalue weighted by molar-refractivity contribution is 5.86. The lowest BCUT2D eigenvalue weighted by atomic mass is 9.95. The summed E-state index contributed by atoms with van der Waals surface area (Å²) in [5.74, 6) is 0.0704. The zero-order chi connectivity index (χ0) is 13.2. The second-order valence-electron chi connectivity index (χ2n) is 4.99. The maximum absolute atomic E-state index is 10.8. The van der Waals surface area contributed by atoms with Gasteiger partial charge in [-0.25, -0.2) is 4.79 Å². The van der Waals surface area contributed by atoms with Crippen LogP contribution < -0.4 is 0 Å². The molecule has 0 unspecified atom stereocenters. The van der Waals surface area contributed by atoms with Crippen LogP contribution in [0.2, 0.25) is 0 Å². The van der Waals surface area contributed by atoms with E-state index in [-0.39, 0.29) is 5.69 Å². The summed E-state index contributed by atoms with van der Waals surface area (Å²) in [6.45, 7) is 0. The maximum Gasteiger partial charge on any atom is 0.358 e. The van der Waals surface area contributed by atoms with Gasteiger partial charge in [0.2, 0.25) is 0 Å². The Morgan fingerprint density at radius 2 is 2.05 bits per heavy atom. The Morgan fingerprint density at radius 3 is 2.74 bits per heavy atom. The first-order valence-corrected chi connectivity index (χ1v) is 6.54. The van der Waals surface area contributed by atoms with Crippen molar-refractivity contribution in [3.8, 4) is 11.3 Å². The first kappa shape index (κ1) is 12.0. The number of hydrogen-bond acceptors (Lipinski definition) is 3. The summed E-state index contributed by atoms with van der Waals surface area (Å²) >= 11 is 0. The first-order valence-electron chi connectivity index (χ1n) is 6.54. The molecule has 0 saturated heterocycles. The quantitative estimate of drug-likeness (QED) is 0.910. The zero-order valence-electron chi connectivity index (χ0n) is 10.5. The molecule has 0 bridgehead atoms. The fourth-order valence-corrected chi connectivity index (χ4v) is 2.72. The van der Waals surface area contributed by atoms with Gasteiger partial charge in [0.15, 0.2) is 11.5 Å². The average Bonchev–Trinajstić information content (AvgIpc) is 3.10. The summed E-state index contributed by atoms with van der Waals surface area (Å²) < 4.78 is 5.10. The van der Waals surface area contributed by atoms with Crippen molar-refractivity contribution in [3.05, 3.63) is 41.6 Å². The topological polar surface area (TPSA) is 63.3 Å². The van der Waals surface area contributed by atoms with Gasteiger partial charge in [0.05, 0.1) is 0 Å². The molecule has 19 heavy (non-hydrogen) atoms. The van der Waals surface area contributed by atoms with Crippen LogP contribution in [0.15, 0.2) is 34.9 Å². The molecule has 1 saturated carbocycles. The fourth-order valence-electron chi connectivity index (χ4n) is 2.72. The monoisotopic (exact) mass is 257 g/mol. The highest BCUT2D eigenvalue weighted by atomic mass is 16.5. The van der Waals surface area contributed by atoms with Crippen LogP contribution in [0, 0.1) is 0 Å². The van der Waals surface area contributed by atoms with E-state index in [1.807, 2.05) is 12.1 Å². The van der Waals surface area contributed by atoms with Crippen LogP contribution in [-0.2, 0) is 0 Å². The van der Waals surface area contributed by atoms with Crippen LogP contribution >= 0.6 is 0 Å². The average molecular weight is 257 g/mol. The molecular weight excluding hydrogens is 242 g/mol. The summed E-state index contributed by atoms with van der Waals surface area (Å²) in [4.78, 5) is 10.8. The molecule has 3 rings (SSSR count). The molecule has 1 aliphatic rings. The van der Waals surface area contributed by atoms with Gasteiger partial charge in [0.1, 0.15) is 0 Å². The molecule has 1 aliphatic carbocycles. The molecule has 0 aliphatic heterocycles. The van der Waals surface area contributed by atoms with Gasteiger partial charge < -0.3 is 9.63 Å². The Bertz CT molecular complexity index is 597. The van der Waals surface area contributed by atoms with Crippen LogP contribution in [-0.4, -0.2) is 16.2 Å². The zero-order valence-corrected chi connectivity index (χ0v) is 10.5. The Hall–Kier alpha value is -2.10. The molecular formula is C15H15NO3. The van der Waals surface area contributed by atoms with Gasteiger partial charge in [-0.2, -0.15) is 0 Å². The SMILES string of the molecule is O=C(O)c1cc(-c2cccc(C3CCCC3)c2)on1. The molecule has 0 spiro atoms. The van der Waals surface area contributed by atoms with Gasteiger partial charge in [-0.3, -0.25) is 0 Å². The molecule has 98 valence electrons. The van der Waals surface area contributed by atoms with Gasteiger partial charge in [0.25, 0.3) is 0 Å². The van der Waals surface area contributed by atoms with Crippen LogP contribution in [0.25, 0.3) is 11.3 Å². The molecule has 0 atom stereocenters. The number of aromatic nitrogens is 1. The standard InChI is InChI=1S/C15H15NO3/c17-15(18)13-9-14(19-16-13)12-7-3-6-11(8-12)10-4-1-2-5-10/h3,6-10H,1-2,4-5H2,(H,17,18). The first-order chi connectivity index (χ1) is 9.24. The summed E-state index contributed by atoms with van der Waals surface area (Å²) in [5, 5.41) is 12.4. The lowest BCUT2D eigenvalue weighted by Crippen LogP contribution is -1.94. The predicted octanol–water partition coefficient (Wildman–Crippen LogP) is 3.70. The minimum atomic E-state index is -1.07. The van der Waals surface area contributed by atoms with Crippen molar-refractivity contribution in [3.63, 3.8) is 0 Å². The van der Waals surface area contributed by atoms with Crippen LogP contribution in [0.3, 0.4) is 0 Å². The fraction of sp³-hybridized carbons (Fsp3) is 0.333. The summed E-state index contributed by atoms with van der Waals surface area (Å²) in [6.07, 6.45) is 5.06. The van der Waals surface area contributed by atoms with Crippen molar-refractivity contribution in [1.29, 1.82) is 0 Å². The number of carboxylic acid groups (broad SMARTS) is 1. The van der Waals surface area contributed by atoms with E-state index < -0.39 is 5.97 Å². The Labute approximate surface area is 111 Å². The number of carboxylic acids is 1. The summed E-state index contributed by atoms with van der Waals surface area (Å²) in [6, 6.07) is 9.60. The van der Waals surface area contributed by atoms with Gasteiger partial charge in [-0.15, -0.1) is 0 Å². The molecule has 1 aromatic carbocycles. The smallest absolute Gasteiger partial charge is 0.358 e. The Morgan fingerprint density at radius 1 is 1.26 bits per heavy atom. The van der Waals surface area contributed by atoms with Crippen molar-refractivity contribution >= 4 is 5.97 Å². The lowest BCUT2D eigenvalue weighted by molar-refractivity contribution is 0.0686. The van der Waals surface area contributed by atoms with E-state index in [2.05, 4.69) is 17.3 Å². The summed E-state index contributed by atoms with van der Waals surface area (Å²) in [7, 11) is 0. The molecule has 1 N–H and O–H groups in total. The highest BCUT2D eigenvalue weighted by Crippen LogP contribution is 2.35. The van der Waals surface area contributed by atoms with Gasteiger partial charge in [-0.1, -0.05) is 36.2 Å². The van der Waals surface area contributed by atoms with Gasteiger partial charge in [0, 0.05) is 11.6 Å². The molecule has 1 heterocycles. The van der Waals surface area contributed by atoms with Crippen molar-refractivity contribution in [2.45, 2.75) is 31.6 Å². The molecule has 1 aromatic heterocycles. The summed E-state index contributed by atoms with van der Waals surface area (Å²) in [5.41, 5.74) is 2.15. The molecule has 1 fully saturated rings. The van der Waals surface area contributed by atoms with Crippen LogP contribution in [0.5, 0.6) is 0 Å². The van der Waals surface area contributed by atoms with E-state index >= 15 is 0 Å². The molecule has 0 amide bonds. The normalized spacial score (nSPS) is 15.8. The third-order valence-electron chi connectivity index (χ3n) is 3.73. The van der Waals surface area contributed by atoms with E-state index in [0.29, 0.717) is 11.7 Å². The van der Waals surface area contributed by atoms with E-state index in [4.69, 9.17) is 9.63 Å². The number of carbonyl (C=O) groups is 1. The van der Waals surface area contributed by atoms with E-state index in [9.17, 15) is 4.79 Å². The Balaban J connectivity index is 1.91. The van der Waals surface area contributed by atoms with Crippen molar-refractivity contribution < 1.29 is 14.4 Å². The van der Waals surface area contributed by atoms with Gasteiger partial charge >= 0.3 is 5.97 Å². The van der Waals surface area contributed by atoms with E-state index in [1.165, 1.54) is 37.3 Å². The number of hydrogen-bond donors (Lipinski definition) is 1. The third-order valence-corrected chi connectivity index (χ3v) is 3.73. The Kier molecular flexibility index (Phi) is 3.07. The van der Waals surface area contributed by atoms with E-state index in [1.54, 1.807) is 0 Å². The lowest BCUT2D eigenvalue weighted by Gasteiger charge is -2.09. The van der Waals surface area contributed by atoms with Gasteiger partial charge in [-0.05, 0) is 30.4 Å². The maximum atomic E-state index is 10.8.